The molecule has 2 nitrogen and oxygen atoms in total. The fraction of sp³-hybridized carbons (Fsp3) is 0.333. The SMILES string of the molecule is CCOc1ccc(C(N)C2Cc3ccccc3C2)cc1. The highest BCUT2D eigenvalue weighted by molar-refractivity contribution is 5.35. The lowest BCUT2D eigenvalue weighted by Crippen LogP contribution is -2.21. The van der Waals surface area contributed by atoms with Crippen molar-refractivity contribution >= 4 is 0 Å². The Balaban J connectivity index is 1.72. The van der Waals surface area contributed by atoms with Crippen LogP contribution in [0.1, 0.15) is 29.7 Å². The van der Waals surface area contributed by atoms with Crippen LogP contribution in [0.25, 0.3) is 0 Å². The monoisotopic (exact) mass is 267 g/mol. The Kier molecular flexibility index (Phi) is 3.75. The summed E-state index contributed by atoms with van der Waals surface area (Å²) >= 11 is 0. The lowest BCUT2D eigenvalue weighted by atomic mass is 9.91. The largest absolute Gasteiger partial charge is 0.494 e. The molecule has 0 aliphatic heterocycles. The van der Waals surface area contributed by atoms with E-state index in [1.807, 2.05) is 19.1 Å². The van der Waals surface area contributed by atoms with Gasteiger partial charge in [-0.2, -0.15) is 0 Å². The van der Waals surface area contributed by atoms with Crippen LogP contribution < -0.4 is 10.5 Å². The summed E-state index contributed by atoms with van der Waals surface area (Å²) in [6, 6.07) is 17.0. The molecule has 20 heavy (non-hydrogen) atoms. The number of hydrogen-bond acceptors (Lipinski definition) is 2. The van der Waals surface area contributed by atoms with Crippen molar-refractivity contribution in [3.63, 3.8) is 0 Å². The van der Waals surface area contributed by atoms with E-state index in [2.05, 4.69) is 36.4 Å². The van der Waals surface area contributed by atoms with Crippen LogP contribution >= 0.6 is 0 Å². The van der Waals surface area contributed by atoms with Crippen LogP contribution in [0.5, 0.6) is 5.75 Å². The average Bonchev–Trinajstić information content (AvgIpc) is 2.91. The van der Waals surface area contributed by atoms with Gasteiger partial charge in [0.1, 0.15) is 5.75 Å². The molecule has 2 N–H and O–H groups in total. The molecule has 104 valence electrons. The van der Waals surface area contributed by atoms with Crippen LogP contribution in [-0.4, -0.2) is 6.61 Å². The van der Waals surface area contributed by atoms with Crippen molar-refractivity contribution < 1.29 is 4.74 Å². The highest BCUT2D eigenvalue weighted by atomic mass is 16.5. The van der Waals surface area contributed by atoms with Crippen molar-refractivity contribution in [2.24, 2.45) is 11.7 Å². The average molecular weight is 267 g/mol. The molecule has 0 aromatic heterocycles. The standard InChI is InChI=1S/C18H21NO/c1-2-20-17-9-7-13(8-10-17)18(19)16-11-14-5-3-4-6-15(14)12-16/h3-10,16,18H,2,11-12,19H2,1H3. The minimum absolute atomic E-state index is 0.0954. The van der Waals surface area contributed by atoms with Gasteiger partial charge in [0.25, 0.3) is 0 Å². The summed E-state index contributed by atoms with van der Waals surface area (Å²) < 4.78 is 5.48. The Morgan fingerprint density at radius 2 is 1.65 bits per heavy atom. The predicted molar refractivity (Wildman–Crippen MR) is 81.9 cm³/mol. The summed E-state index contributed by atoms with van der Waals surface area (Å²) in [6.45, 7) is 2.69. The summed E-state index contributed by atoms with van der Waals surface area (Å²) in [6.07, 6.45) is 2.18. The number of hydrogen-bond donors (Lipinski definition) is 1. The van der Waals surface area contributed by atoms with Crippen LogP contribution in [0.4, 0.5) is 0 Å². The first-order valence-corrected chi connectivity index (χ1v) is 7.33. The van der Waals surface area contributed by atoms with Gasteiger partial charge < -0.3 is 10.5 Å². The smallest absolute Gasteiger partial charge is 0.119 e. The molecule has 0 heterocycles. The highest BCUT2D eigenvalue weighted by Gasteiger charge is 2.27. The molecule has 3 rings (SSSR count). The quantitative estimate of drug-likeness (QED) is 0.920. The van der Waals surface area contributed by atoms with Gasteiger partial charge in [0, 0.05) is 6.04 Å². The van der Waals surface area contributed by atoms with E-state index >= 15 is 0 Å². The highest BCUT2D eigenvalue weighted by Crippen LogP contribution is 2.34. The Morgan fingerprint density at radius 3 is 2.20 bits per heavy atom. The minimum Gasteiger partial charge on any atom is -0.494 e. The van der Waals surface area contributed by atoms with E-state index in [9.17, 15) is 0 Å². The van der Waals surface area contributed by atoms with E-state index in [1.54, 1.807) is 0 Å². The van der Waals surface area contributed by atoms with E-state index in [4.69, 9.17) is 10.5 Å². The summed E-state index contributed by atoms with van der Waals surface area (Å²) in [4.78, 5) is 0. The van der Waals surface area contributed by atoms with Crippen molar-refractivity contribution in [2.45, 2.75) is 25.8 Å². The molecule has 0 amide bonds. The van der Waals surface area contributed by atoms with E-state index < -0.39 is 0 Å². The fourth-order valence-electron chi connectivity index (χ4n) is 3.07. The normalized spacial score (nSPS) is 15.9. The second kappa shape index (κ2) is 5.68. The van der Waals surface area contributed by atoms with Gasteiger partial charge in [-0.25, -0.2) is 0 Å². The molecule has 0 spiro atoms. The second-order valence-corrected chi connectivity index (χ2v) is 5.46. The Morgan fingerprint density at radius 1 is 1.05 bits per heavy atom. The maximum Gasteiger partial charge on any atom is 0.119 e. The van der Waals surface area contributed by atoms with Gasteiger partial charge in [-0.05, 0) is 54.5 Å². The number of rotatable bonds is 4. The zero-order valence-corrected chi connectivity index (χ0v) is 11.9. The van der Waals surface area contributed by atoms with Crippen molar-refractivity contribution in [2.75, 3.05) is 6.61 Å². The first-order valence-electron chi connectivity index (χ1n) is 7.33. The molecule has 1 aliphatic rings. The summed E-state index contributed by atoms with van der Waals surface area (Å²) in [5.74, 6) is 1.42. The first kappa shape index (κ1) is 13.2. The molecule has 2 aromatic rings. The Labute approximate surface area is 120 Å². The van der Waals surface area contributed by atoms with Crippen LogP contribution in [0.2, 0.25) is 0 Å². The lowest BCUT2D eigenvalue weighted by Gasteiger charge is -2.19. The number of benzene rings is 2. The zero-order valence-electron chi connectivity index (χ0n) is 11.9. The maximum atomic E-state index is 6.46. The first-order chi connectivity index (χ1) is 9.78. The van der Waals surface area contributed by atoms with E-state index in [-0.39, 0.29) is 6.04 Å². The second-order valence-electron chi connectivity index (χ2n) is 5.46. The van der Waals surface area contributed by atoms with Gasteiger partial charge in [0.05, 0.1) is 6.61 Å². The van der Waals surface area contributed by atoms with Gasteiger partial charge in [-0.1, -0.05) is 36.4 Å². The molecule has 2 heteroatoms. The molecule has 0 fully saturated rings. The van der Waals surface area contributed by atoms with Crippen LogP contribution in [0.3, 0.4) is 0 Å². The molecule has 1 atom stereocenters. The van der Waals surface area contributed by atoms with Gasteiger partial charge in [-0.15, -0.1) is 0 Å². The zero-order chi connectivity index (χ0) is 13.9. The summed E-state index contributed by atoms with van der Waals surface area (Å²) in [5.41, 5.74) is 10.6. The number of fused-ring (bicyclic) bond motifs is 1. The minimum atomic E-state index is 0.0954. The third-order valence-electron chi connectivity index (χ3n) is 4.17. The van der Waals surface area contributed by atoms with Gasteiger partial charge >= 0.3 is 0 Å². The van der Waals surface area contributed by atoms with Crippen molar-refractivity contribution in [1.82, 2.24) is 0 Å². The van der Waals surface area contributed by atoms with Crippen LogP contribution in [0, 0.1) is 5.92 Å². The topological polar surface area (TPSA) is 35.2 Å². The number of ether oxygens (including phenoxy) is 1. The van der Waals surface area contributed by atoms with E-state index in [0.717, 1.165) is 18.6 Å². The molecular weight excluding hydrogens is 246 g/mol. The summed E-state index contributed by atoms with van der Waals surface area (Å²) in [7, 11) is 0. The Bertz CT molecular complexity index is 551. The third-order valence-corrected chi connectivity index (χ3v) is 4.17. The molecular formula is C18H21NO. The predicted octanol–water partition coefficient (Wildman–Crippen LogP) is 3.50. The Hall–Kier alpha value is -1.80. The summed E-state index contributed by atoms with van der Waals surface area (Å²) in [5, 5.41) is 0. The van der Waals surface area contributed by atoms with Gasteiger partial charge in [0.15, 0.2) is 0 Å². The van der Waals surface area contributed by atoms with Crippen LogP contribution in [0.15, 0.2) is 48.5 Å². The molecule has 0 saturated carbocycles. The molecule has 2 aromatic carbocycles. The van der Waals surface area contributed by atoms with Gasteiger partial charge in [-0.3, -0.25) is 0 Å². The molecule has 0 bridgehead atoms. The van der Waals surface area contributed by atoms with E-state index in [0.29, 0.717) is 12.5 Å². The lowest BCUT2D eigenvalue weighted by molar-refractivity contribution is 0.340. The van der Waals surface area contributed by atoms with E-state index in [1.165, 1.54) is 16.7 Å². The van der Waals surface area contributed by atoms with Gasteiger partial charge in [0.2, 0.25) is 0 Å². The number of nitrogens with two attached hydrogens (primary N) is 1. The van der Waals surface area contributed by atoms with Crippen molar-refractivity contribution in [3.8, 4) is 5.75 Å². The molecule has 0 radical (unpaired) electrons. The fourth-order valence-corrected chi connectivity index (χ4v) is 3.07. The molecule has 1 unspecified atom stereocenters. The van der Waals surface area contributed by atoms with Crippen molar-refractivity contribution in [3.05, 3.63) is 65.2 Å². The molecule has 1 aliphatic carbocycles. The molecule has 0 saturated heterocycles. The van der Waals surface area contributed by atoms with Crippen LogP contribution in [-0.2, 0) is 12.8 Å². The third kappa shape index (κ3) is 2.56. The van der Waals surface area contributed by atoms with Crippen molar-refractivity contribution in [1.29, 1.82) is 0 Å². The maximum absolute atomic E-state index is 6.46.